The van der Waals surface area contributed by atoms with E-state index in [1.165, 1.54) is 0 Å². The number of alkyl halides is 3. The molecular formula is C13H14F3NO3. The largest absolute Gasteiger partial charge is 0.478 e. The molecule has 20 heavy (non-hydrogen) atoms. The van der Waals surface area contributed by atoms with Crippen molar-refractivity contribution in [1.29, 1.82) is 0 Å². The molecule has 7 heteroatoms. The van der Waals surface area contributed by atoms with Crippen LogP contribution in [-0.4, -0.2) is 30.3 Å². The van der Waals surface area contributed by atoms with E-state index in [0.29, 0.717) is 19.3 Å². The van der Waals surface area contributed by atoms with Crippen molar-refractivity contribution in [2.45, 2.75) is 25.1 Å². The zero-order valence-electron chi connectivity index (χ0n) is 10.5. The van der Waals surface area contributed by atoms with E-state index in [9.17, 15) is 18.0 Å². The molecule has 1 atom stereocenters. The normalized spacial score (nSPS) is 19.6. The molecule has 4 nitrogen and oxygen atoms in total. The molecule has 0 spiro atoms. The first-order chi connectivity index (χ1) is 9.38. The van der Waals surface area contributed by atoms with Crippen molar-refractivity contribution in [3.05, 3.63) is 29.3 Å². The van der Waals surface area contributed by atoms with Crippen LogP contribution in [0.25, 0.3) is 0 Å². The summed E-state index contributed by atoms with van der Waals surface area (Å²) in [6.07, 6.45) is -2.93. The van der Waals surface area contributed by atoms with Crippen molar-refractivity contribution in [1.82, 2.24) is 0 Å². The number of nitrogens with one attached hydrogen (secondary N) is 1. The fraction of sp³-hybridized carbons (Fsp3) is 0.462. The highest BCUT2D eigenvalue weighted by Gasteiger charge is 2.32. The van der Waals surface area contributed by atoms with E-state index in [4.69, 9.17) is 9.84 Å². The zero-order valence-corrected chi connectivity index (χ0v) is 10.5. The summed E-state index contributed by atoms with van der Waals surface area (Å²) < 4.78 is 43.0. The second kappa shape index (κ2) is 5.70. The molecule has 2 N–H and O–H groups in total. The fourth-order valence-electron chi connectivity index (χ4n) is 2.10. The monoisotopic (exact) mass is 289 g/mol. The summed E-state index contributed by atoms with van der Waals surface area (Å²) in [5.41, 5.74) is -1.17. The smallest absolute Gasteiger partial charge is 0.416 e. The molecule has 0 aliphatic carbocycles. The molecule has 1 aliphatic heterocycles. The summed E-state index contributed by atoms with van der Waals surface area (Å²) in [4.78, 5) is 11.1. The van der Waals surface area contributed by atoms with E-state index in [-0.39, 0.29) is 17.3 Å². The first-order valence-electron chi connectivity index (χ1n) is 6.17. The lowest BCUT2D eigenvalue weighted by molar-refractivity contribution is -0.137. The molecule has 0 radical (unpaired) electrons. The van der Waals surface area contributed by atoms with Gasteiger partial charge in [0.25, 0.3) is 0 Å². The lowest BCUT2D eigenvalue weighted by atomic mass is 10.1. The highest BCUT2D eigenvalue weighted by atomic mass is 19.4. The van der Waals surface area contributed by atoms with Gasteiger partial charge >= 0.3 is 12.1 Å². The molecule has 0 bridgehead atoms. The number of halogens is 3. The Morgan fingerprint density at radius 1 is 1.40 bits per heavy atom. The summed E-state index contributed by atoms with van der Waals surface area (Å²) in [6.45, 7) is 1.07. The summed E-state index contributed by atoms with van der Waals surface area (Å²) >= 11 is 0. The first-order valence-corrected chi connectivity index (χ1v) is 6.17. The van der Waals surface area contributed by atoms with E-state index in [2.05, 4.69) is 5.32 Å². The topological polar surface area (TPSA) is 58.6 Å². The number of benzene rings is 1. The van der Waals surface area contributed by atoms with Gasteiger partial charge in [-0.15, -0.1) is 0 Å². The van der Waals surface area contributed by atoms with Gasteiger partial charge in [-0.3, -0.25) is 0 Å². The van der Waals surface area contributed by atoms with Crippen molar-refractivity contribution in [2.24, 2.45) is 0 Å². The number of anilines is 1. The number of rotatable bonds is 3. The Bertz CT molecular complexity index is 496. The van der Waals surface area contributed by atoms with Gasteiger partial charge in [0.1, 0.15) is 0 Å². The molecular weight excluding hydrogens is 275 g/mol. The Morgan fingerprint density at radius 2 is 2.15 bits per heavy atom. The van der Waals surface area contributed by atoms with Crippen LogP contribution in [0.5, 0.6) is 0 Å². The summed E-state index contributed by atoms with van der Waals surface area (Å²) in [6, 6.07) is 2.59. The van der Waals surface area contributed by atoms with Crippen molar-refractivity contribution >= 4 is 11.7 Å². The SMILES string of the molecule is O=C(O)c1cc(C(F)(F)F)ccc1NC1CCCOC1. The van der Waals surface area contributed by atoms with Gasteiger partial charge in [-0.25, -0.2) is 4.79 Å². The quantitative estimate of drug-likeness (QED) is 0.898. The van der Waals surface area contributed by atoms with Gasteiger partial charge in [-0.1, -0.05) is 0 Å². The number of aromatic carboxylic acids is 1. The summed E-state index contributed by atoms with van der Waals surface area (Å²) in [5.74, 6) is -1.39. The standard InChI is InChI=1S/C13H14F3NO3/c14-13(15,16)8-3-4-11(10(6-8)12(18)19)17-9-2-1-5-20-7-9/h3-4,6,9,17H,1-2,5,7H2,(H,18,19). The van der Waals surface area contributed by atoms with Crippen molar-refractivity contribution in [3.63, 3.8) is 0 Å². The minimum absolute atomic E-state index is 0.0846. The highest BCUT2D eigenvalue weighted by molar-refractivity contribution is 5.94. The predicted molar refractivity (Wildman–Crippen MR) is 65.9 cm³/mol. The van der Waals surface area contributed by atoms with E-state index >= 15 is 0 Å². The number of carboxylic acid groups (broad SMARTS) is 1. The number of ether oxygens (including phenoxy) is 1. The van der Waals surface area contributed by atoms with Crippen LogP contribution >= 0.6 is 0 Å². The number of hydrogen-bond donors (Lipinski definition) is 2. The van der Waals surface area contributed by atoms with Crippen molar-refractivity contribution in [2.75, 3.05) is 18.5 Å². The minimum Gasteiger partial charge on any atom is -0.478 e. The van der Waals surface area contributed by atoms with Gasteiger partial charge in [-0.2, -0.15) is 13.2 Å². The molecule has 1 heterocycles. The average Bonchev–Trinajstić information content (AvgIpc) is 2.38. The van der Waals surface area contributed by atoms with Crippen LogP contribution in [0.1, 0.15) is 28.8 Å². The molecule has 1 aliphatic rings. The molecule has 2 rings (SSSR count). The third-order valence-corrected chi connectivity index (χ3v) is 3.10. The third kappa shape index (κ3) is 3.41. The van der Waals surface area contributed by atoms with Crippen LogP contribution in [0.15, 0.2) is 18.2 Å². The van der Waals surface area contributed by atoms with Crippen LogP contribution in [0, 0.1) is 0 Å². The van der Waals surface area contributed by atoms with Crippen LogP contribution in [-0.2, 0) is 10.9 Å². The Morgan fingerprint density at radius 3 is 2.70 bits per heavy atom. The maximum Gasteiger partial charge on any atom is 0.416 e. The second-order valence-electron chi connectivity index (χ2n) is 4.62. The average molecular weight is 289 g/mol. The predicted octanol–water partition coefficient (Wildman–Crippen LogP) is 2.99. The molecule has 1 aromatic rings. The Kier molecular flexibility index (Phi) is 4.17. The minimum atomic E-state index is -4.56. The second-order valence-corrected chi connectivity index (χ2v) is 4.62. The zero-order chi connectivity index (χ0) is 14.8. The first kappa shape index (κ1) is 14.6. The molecule has 0 saturated carbocycles. The van der Waals surface area contributed by atoms with Crippen LogP contribution in [0.3, 0.4) is 0 Å². The van der Waals surface area contributed by atoms with Gasteiger partial charge in [0, 0.05) is 18.3 Å². The Hall–Kier alpha value is -1.76. The fourth-order valence-corrected chi connectivity index (χ4v) is 2.10. The summed E-state index contributed by atoms with van der Waals surface area (Å²) in [7, 11) is 0. The van der Waals surface area contributed by atoms with Crippen LogP contribution in [0.4, 0.5) is 18.9 Å². The van der Waals surface area contributed by atoms with Gasteiger partial charge in [0.05, 0.1) is 17.7 Å². The van der Waals surface area contributed by atoms with Crippen LogP contribution in [0.2, 0.25) is 0 Å². The van der Waals surface area contributed by atoms with Gasteiger partial charge < -0.3 is 15.2 Å². The van der Waals surface area contributed by atoms with Gasteiger partial charge in [0.2, 0.25) is 0 Å². The van der Waals surface area contributed by atoms with E-state index in [0.717, 1.165) is 25.0 Å². The van der Waals surface area contributed by atoms with Gasteiger partial charge in [-0.05, 0) is 31.0 Å². The van der Waals surface area contributed by atoms with E-state index in [1.54, 1.807) is 0 Å². The molecule has 110 valence electrons. The van der Waals surface area contributed by atoms with Crippen molar-refractivity contribution < 1.29 is 27.8 Å². The highest BCUT2D eigenvalue weighted by Crippen LogP contribution is 2.32. The molecule has 0 amide bonds. The molecule has 1 fully saturated rings. The van der Waals surface area contributed by atoms with Gasteiger partial charge in [0.15, 0.2) is 0 Å². The Labute approximate surface area is 113 Å². The molecule has 1 aromatic carbocycles. The number of carboxylic acids is 1. The third-order valence-electron chi connectivity index (χ3n) is 3.10. The van der Waals surface area contributed by atoms with Crippen LogP contribution < -0.4 is 5.32 Å². The Balaban J connectivity index is 2.25. The van der Waals surface area contributed by atoms with E-state index in [1.807, 2.05) is 0 Å². The van der Waals surface area contributed by atoms with Crippen molar-refractivity contribution in [3.8, 4) is 0 Å². The lowest BCUT2D eigenvalue weighted by Gasteiger charge is -2.25. The van der Waals surface area contributed by atoms with E-state index < -0.39 is 17.7 Å². The molecule has 0 aromatic heterocycles. The number of hydrogen-bond acceptors (Lipinski definition) is 3. The number of carbonyl (C=O) groups is 1. The maximum atomic E-state index is 12.6. The molecule has 1 saturated heterocycles. The lowest BCUT2D eigenvalue weighted by Crippen LogP contribution is -2.30. The maximum absolute atomic E-state index is 12.6. The summed E-state index contributed by atoms with van der Waals surface area (Å²) in [5, 5.41) is 12.0. The molecule has 1 unspecified atom stereocenters.